The molecule has 0 N–H and O–H groups in total. The number of rotatable bonds is 10. The first-order chi connectivity index (χ1) is 16.0. The standard InChI is InChI=1S/C33H44/c1-7-11-17-27-23(9-3)25-19-13-15-21-29(25)31(27)33(5,6)32-28(18-12-8-2)24(10-4)26-20-14-16-22-30(26)32/h13-16,19-22,31-32H,7-12,17-18H2,1-6H3. The molecule has 0 bridgehead atoms. The number of benzene rings is 2. The van der Waals surface area contributed by atoms with Gasteiger partial charge in [0, 0.05) is 11.8 Å². The van der Waals surface area contributed by atoms with Crippen molar-refractivity contribution in [3.8, 4) is 0 Å². The minimum absolute atomic E-state index is 0.131. The van der Waals surface area contributed by atoms with Gasteiger partial charge in [-0.2, -0.15) is 0 Å². The first kappa shape index (κ1) is 24.1. The molecule has 2 unspecified atom stereocenters. The lowest BCUT2D eigenvalue weighted by Gasteiger charge is -2.42. The van der Waals surface area contributed by atoms with Gasteiger partial charge in [-0.15, -0.1) is 0 Å². The van der Waals surface area contributed by atoms with Gasteiger partial charge >= 0.3 is 0 Å². The zero-order valence-electron chi connectivity index (χ0n) is 21.9. The molecule has 0 spiro atoms. The summed E-state index contributed by atoms with van der Waals surface area (Å²) >= 11 is 0. The fourth-order valence-electron chi connectivity index (χ4n) is 7.14. The van der Waals surface area contributed by atoms with E-state index < -0.39 is 0 Å². The second-order valence-corrected chi connectivity index (χ2v) is 10.8. The predicted octanol–water partition coefficient (Wildman–Crippen LogP) is 10.3. The van der Waals surface area contributed by atoms with E-state index in [2.05, 4.69) is 90.1 Å². The third kappa shape index (κ3) is 4.05. The Hall–Kier alpha value is -2.08. The normalized spacial score (nSPS) is 19.9. The highest BCUT2D eigenvalue weighted by Crippen LogP contribution is 2.62. The first-order valence-corrected chi connectivity index (χ1v) is 13.6. The van der Waals surface area contributed by atoms with Crippen LogP contribution >= 0.6 is 0 Å². The van der Waals surface area contributed by atoms with Crippen LogP contribution in [0.25, 0.3) is 11.1 Å². The van der Waals surface area contributed by atoms with Crippen LogP contribution in [0.1, 0.15) is 127 Å². The Morgan fingerprint density at radius 1 is 0.606 bits per heavy atom. The third-order valence-corrected chi connectivity index (χ3v) is 8.46. The lowest BCUT2D eigenvalue weighted by Crippen LogP contribution is -2.30. The largest absolute Gasteiger partial charge is 0.0654 e. The monoisotopic (exact) mass is 440 g/mol. The number of fused-ring (bicyclic) bond motifs is 2. The van der Waals surface area contributed by atoms with Crippen molar-refractivity contribution in [3.05, 3.63) is 81.9 Å². The average Bonchev–Trinajstić information content (AvgIpc) is 3.33. The molecule has 0 aliphatic heterocycles. The molecular formula is C33H44. The lowest BCUT2D eigenvalue weighted by atomic mass is 9.61. The van der Waals surface area contributed by atoms with E-state index >= 15 is 0 Å². The van der Waals surface area contributed by atoms with Crippen molar-refractivity contribution in [2.75, 3.05) is 0 Å². The molecule has 33 heavy (non-hydrogen) atoms. The highest BCUT2D eigenvalue weighted by molar-refractivity contribution is 5.81. The van der Waals surface area contributed by atoms with E-state index in [1.807, 2.05) is 0 Å². The topological polar surface area (TPSA) is 0 Å². The fourth-order valence-corrected chi connectivity index (χ4v) is 7.14. The van der Waals surface area contributed by atoms with Crippen LogP contribution in [-0.4, -0.2) is 0 Å². The zero-order valence-corrected chi connectivity index (χ0v) is 21.9. The summed E-state index contributed by atoms with van der Waals surface area (Å²) in [5, 5.41) is 0. The van der Waals surface area contributed by atoms with E-state index in [1.54, 1.807) is 33.4 Å². The summed E-state index contributed by atoms with van der Waals surface area (Å²) < 4.78 is 0. The predicted molar refractivity (Wildman–Crippen MR) is 146 cm³/mol. The van der Waals surface area contributed by atoms with Gasteiger partial charge in [0.25, 0.3) is 0 Å². The van der Waals surface area contributed by atoms with Crippen LogP contribution < -0.4 is 0 Å². The zero-order chi connectivity index (χ0) is 23.6. The van der Waals surface area contributed by atoms with Gasteiger partial charge < -0.3 is 0 Å². The van der Waals surface area contributed by atoms with E-state index in [9.17, 15) is 0 Å². The Morgan fingerprint density at radius 2 is 1.00 bits per heavy atom. The number of allylic oxidation sites excluding steroid dienone is 4. The summed E-state index contributed by atoms with van der Waals surface area (Å²) in [4.78, 5) is 0. The van der Waals surface area contributed by atoms with Crippen molar-refractivity contribution >= 4 is 11.1 Å². The van der Waals surface area contributed by atoms with Gasteiger partial charge in [0.1, 0.15) is 0 Å². The Labute approximate surface area is 203 Å². The maximum atomic E-state index is 2.59. The molecule has 2 aromatic rings. The second-order valence-electron chi connectivity index (χ2n) is 10.8. The van der Waals surface area contributed by atoms with E-state index in [4.69, 9.17) is 0 Å². The van der Waals surface area contributed by atoms with Crippen LogP contribution in [0.5, 0.6) is 0 Å². The minimum atomic E-state index is 0.131. The second kappa shape index (κ2) is 10.0. The molecule has 2 aromatic carbocycles. The average molecular weight is 441 g/mol. The van der Waals surface area contributed by atoms with E-state index in [1.165, 1.54) is 49.7 Å². The maximum Gasteiger partial charge on any atom is 0.0120 e. The van der Waals surface area contributed by atoms with Crippen LogP contribution in [0, 0.1) is 5.41 Å². The molecule has 2 aliphatic carbocycles. The van der Waals surface area contributed by atoms with E-state index in [0.717, 1.165) is 12.8 Å². The Morgan fingerprint density at radius 3 is 1.36 bits per heavy atom. The Bertz CT molecular complexity index is 962. The van der Waals surface area contributed by atoms with Crippen LogP contribution in [0.3, 0.4) is 0 Å². The summed E-state index contributed by atoms with van der Waals surface area (Å²) in [6.45, 7) is 14.6. The van der Waals surface area contributed by atoms with Gasteiger partial charge in [0.2, 0.25) is 0 Å². The molecule has 0 radical (unpaired) electrons. The summed E-state index contributed by atoms with van der Waals surface area (Å²) in [7, 11) is 0. The summed E-state index contributed by atoms with van der Waals surface area (Å²) in [5.74, 6) is 1.00. The molecule has 2 aliphatic rings. The molecule has 4 rings (SSSR count). The molecule has 0 fully saturated rings. The summed E-state index contributed by atoms with van der Waals surface area (Å²) in [6, 6.07) is 18.7. The van der Waals surface area contributed by atoms with Gasteiger partial charge in [-0.05, 0) is 77.3 Å². The molecule has 0 saturated heterocycles. The van der Waals surface area contributed by atoms with Crippen molar-refractivity contribution in [1.29, 1.82) is 0 Å². The molecule has 0 heterocycles. The van der Waals surface area contributed by atoms with E-state index in [-0.39, 0.29) is 5.41 Å². The van der Waals surface area contributed by atoms with Gasteiger partial charge in [-0.1, -0.05) is 114 Å². The first-order valence-electron chi connectivity index (χ1n) is 13.6. The molecule has 0 nitrogen and oxygen atoms in total. The van der Waals surface area contributed by atoms with Gasteiger partial charge in [0.15, 0.2) is 0 Å². The maximum absolute atomic E-state index is 2.59. The van der Waals surface area contributed by atoms with Crippen LogP contribution in [0.15, 0.2) is 59.7 Å². The third-order valence-electron chi connectivity index (χ3n) is 8.46. The number of hydrogen-bond acceptors (Lipinski definition) is 0. The number of unbranched alkanes of at least 4 members (excludes halogenated alkanes) is 2. The number of hydrogen-bond donors (Lipinski definition) is 0. The molecule has 0 heteroatoms. The molecule has 0 saturated carbocycles. The molecule has 0 aromatic heterocycles. The van der Waals surface area contributed by atoms with E-state index in [0.29, 0.717) is 11.8 Å². The Balaban J connectivity index is 1.90. The lowest BCUT2D eigenvalue weighted by molar-refractivity contribution is 0.266. The molecule has 176 valence electrons. The fraction of sp³-hybridized carbons (Fsp3) is 0.515. The van der Waals surface area contributed by atoms with Gasteiger partial charge in [-0.3, -0.25) is 0 Å². The minimum Gasteiger partial charge on any atom is -0.0654 e. The van der Waals surface area contributed by atoms with Crippen molar-refractivity contribution in [2.45, 2.75) is 105 Å². The molecule has 0 amide bonds. The summed E-state index contributed by atoms with van der Waals surface area (Å²) in [5.41, 5.74) is 13.1. The van der Waals surface area contributed by atoms with Crippen LogP contribution in [-0.2, 0) is 0 Å². The van der Waals surface area contributed by atoms with Gasteiger partial charge in [-0.25, -0.2) is 0 Å². The van der Waals surface area contributed by atoms with Crippen molar-refractivity contribution in [1.82, 2.24) is 0 Å². The smallest absolute Gasteiger partial charge is 0.0120 e. The highest BCUT2D eigenvalue weighted by Gasteiger charge is 2.48. The highest BCUT2D eigenvalue weighted by atomic mass is 14.5. The quantitative estimate of drug-likeness (QED) is 0.344. The van der Waals surface area contributed by atoms with Crippen molar-refractivity contribution in [2.24, 2.45) is 5.41 Å². The van der Waals surface area contributed by atoms with Crippen molar-refractivity contribution in [3.63, 3.8) is 0 Å². The molecular weight excluding hydrogens is 396 g/mol. The Kier molecular flexibility index (Phi) is 7.32. The SMILES string of the molecule is CCCCC1=C(CC)c2ccccc2C1C(C)(C)C1C(CCCC)=C(CC)c2ccccc21. The van der Waals surface area contributed by atoms with Crippen LogP contribution in [0.2, 0.25) is 0 Å². The summed E-state index contributed by atoms with van der Waals surface area (Å²) in [6.07, 6.45) is 9.87. The van der Waals surface area contributed by atoms with Gasteiger partial charge in [0.05, 0.1) is 0 Å². The molecule has 2 atom stereocenters. The van der Waals surface area contributed by atoms with Crippen LogP contribution in [0.4, 0.5) is 0 Å². The van der Waals surface area contributed by atoms with Crippen molar-refractivity contribution < 1.29 is 0 Å².